The van der Waals surface area contributed by atoms with Crippen LogP contribution in [0.4, 0.5) is 0 Å². The molecule has 0 fully saturated rings. The third-order valence-corrected chi connectivity index (χ3v) is 2.65. The Balaban J connectivity index is 2.45. The smallest absolute Gasteiger partial charge is 0.176 e. The number of benzene rings is 1. The summed E-state index contributed by atoms with van der Waals surface area (Å²) in [6.45, 7) is 3.14. The van der Waals surface area contributed by atoms with Crippen LogP contribution in [0.2, 0.25) is 0 Å². The number of Topliss-reactive ketones (excluding diaryl/α,β-unsaturated/α-hetero) is 1. The predicted octanol–water partition coefficient (Wildman–Crippen LogP) is 1.30. The van der Waals surface area contributed by atoms with E-state index in [0.29, 0.717) is 30.3 Å². The van der Waals surface area contributed by atoms with Gasteiger partial charge in [0.1, 0.15) is 0 Å². The molecule has 1 aliphatic rings. The van der Waals surface area contributed by atoms with Gasteiger partial charge in [-0.1, -0.05) is 0 Å². The Morgan fingerprint density at radius 2 is 2.12 bits per heavy atom. The van der Waals surface area contributed by atoms with E-state index >= 15 is 0 Å². The molecule has 1 aliphatic heterocycles. The zero-order valence-electron chi connectivity index (χ0n) is 9.29. The number of hydrogen-bond acceptors (Lipinski definition) is 4. The molecular weight excluding hydrogens is 206 g/mol. The van der Waals surface area contributed by atoms with Crippen molar-refractivity contribution in [1.82, 2.24) is 0 Å². The first-order valence-corrected chi connectivity index (χ1v) is 5.36. The van der Waals surface area contributed by atoms with Crippen LogP contribution in [0.15, 0.2) is 12.1 Å². The molecule has 0 radical (unpaired) electrons. The second-order valence-corrected chi connectivity index (χ2v) is 3.74. The van der Waals surface area contributed by atoms with Crippen LogP contribution in [-0.2, 0) is 0 Å². The molecule has 86 valence electrons. The number of rotatable bonds is 2. The minimum absolute atomic E-state index is 0.0144. The van der Waals surface area contributed by atoms with Crippen LogP contribution < -0.4 is 15.2 Å². The van der Waals surface area contributed by atoms with Gasteiger partial charge in [0.2, 0.25) is 0 Å². The summed E-state index contributed by atoms with van der Waals surface area (Å²) >= 11 is 0. The molecule has 0 bridgehead atoms. The molecule has 0 atom stereocenters. The predicted molar refractivity (Wildman–Crippen MR) is 60.2 cm³/mol. The molecule has 0 aromatic heterocycles. The van der Waals surface area contributed by atoms with E-state index in [1.54, 1.807) is 12.1 Å². The largest absolute Gasteiger partial charge is 0.490 e. The van der Waals surface area contributed by atoms with Crippen LogP contribution in [0.25, 0.3) is 0 Å². The van der Waals surface area contributed by atoms with Gasteiger partial charge in [0.15, 0.2) is 17.3 Å². The molecule has 2 N–H and O–H groups in total. The first-order chi connectivity index (χ1) is 7.74. The van der Waals surface area contributed by atoms with E-state index in [0.717, 1.165) is 12.0 Å². The highest BCUT2D eigenvalue weighted by Gasteiger charge is 2.18. The Kier molecular flexibility index (Phi) is 3.10. The third kappa shape index (κ3) is 1.88. The summed E-state index contributed by atoms with van der Waals surface area (Å²) in [4.78, 5) is 11.6. The molecule has 1 heterocycles. The molecule has 0 amide bonds. The maximum absolute atomic E-state index is 11.6. The minimum Gasteiger partial charge on any atom is -0.490 e. The van der Waals surface area contributed by atoms with Gasteiger partial charge >= 0.3 is 0 Å². The molecule has 0 saturated carbocycles. The summed E-state index contributed by atoms with van der Waals surface area (Å²) in [7, 11) is 0. The van der Waals surface area contributed by atoms with Gasteiger partial charge in [0.05, 0.1) is 19.8 Å². The summed E-state index contributed by atoms with van der Waals surface area (Å²) in [5.74, 6) is 1.31. The Labute approximate surface area is 94.3 Å². The second kappa shape index (κ2) is 4.53. The number of nitrogens with two attached hydrogens (primary N) is 1. The van der Waals surface area contributed by atoms with Crippen LogP contribution in [0.1, 0.15) is 22.3 Å². The SMILES string of the molecule is Cc1c(C(=O)CN)ccc2c1OCCCO2. The highest BCUT2D eigenvalue weighted by Crippen LogP contribution is 2.34. The average Bonchev–Trinajstić information content (AvgIpc) is 2.54. The summed E-state index contributed by atoms with van der Waals surface area (Å²) in [6, 6.07) is 3.52. The Hall–Kier alpha value is -1.55. The summed E-state index contributed by atoms with van der Waals surface area (Å²) < 4.78 is 11.1. The number of fused-ring (bicyclic) bond motifs is 1. The van der Waals surface area contributed by atoms with Crippen LogP contribution >= 0.6 is 0 Å². The molecule has 4 heteroatoms. The van der Waals surface area contributed by atoms with Gasteiger partial charge in [0.25, 0.3) is 0 Å². The second-order valence-electron chi connectivity index (χ2n) is 3.74. The summed E-state index contributed by atoms with van der Waals surface area (Å²) in [5, 5.41) is 0. The van der Waals surface area contributed by atoms with E-state index in [1.807, 2.05) is 6.92 Å². The maximum Gasteiger partial charge on any atom is 0.176 e. The van der Waals surface area contributed by atoms with Crippen molar-refractivity contribution < 1.29 is 14.3 Å². The lowest BCUT2D eigenvalue weighted by molar-refractivity contribution is 0.100. The van der Waals surface area contributed by atoms with Crippen LogP contribution in [0.3, 0.4) is 0 Å². The molecule has 1 aromatic rings. The molecule has 0 aliphatic carbocycles. The third-order valence-electron chi connectivity index (χ3n) is 2.65. The Bertz CT molecular complexity index is 415. The standard InChI is InChI=1S/C12H15NO3/c1-8-9(10(14)7-13)3-4-11-12(8)16-6-2-5-15-11/h3-4H,2,5-7,13H2,1H3. The lowest BCUT2D eigenvalue weighted by Crippen LogP contribution is -2.15. The van der Waals surface area contributed by atoms with E-state index in [-0.39, 0.29) is 12.3 Å². The van der Waals surface area contributed by atoms with E-state index in [9.17, 15) is 4.79 Å². The van der Waals surface area contributed by atoms with E-state index in [4.69, 9.17) is 15.2 Å². The topological polar surface area (TPSA) is 61.6 Å². The van der Waals surface area contributed by atoms with Crippen molar-refractivity contribution in [2.24, 2.45) is 5.73 Å². The fourth-order valence-corrected chi connectivity index (χ4v) is 1.79. The van der Waals surface area contributed by atoms with Gasteiger partial charge in [0, 0.05) is 17.5 Å². The van der Waals surface area contributed by atoms with Gasteiger partial charge in [-0.05, 0) is 19.1 Å². The zero-order valence-corrected chi connectivity index (χ0v) is 9.29. The number of ether oxygens (including phenoxy) is 2. The highest BCUT2D eigenvalue weighted by atomic mass is 16.5. The normalized spacial score (nSPS) is 14.4. The highest BCUT2D eigenvalue weighted by molar-refractivity contribution is 5.99. The lowest BCUT2D eigenvalue weighted by atomic mass is 10.0. The van der Waals surface area contributed by atoms with Crippen molar-refractivity contribution >= 4 is 5.78 Å². The number of carbonyl (C=O) groups is 1. The summed E-state index contributed by atoms with van der Waals surface area (Å²) in [5.41, 5.74) is 6.79. The fourth-order valence-electron chi connectivity index (χ4n) is 1.79. The first kappa shape index (κ1) is 11.0. The number of hydrogen-bond donors (Lipinski definition) is 1. The van der Waals surface area contributed by atoms with E-state index < -0.39 is 0 Å². The van der Waals surface area contributed by atoms with Gasteiger partial charge in [-0.2, -0.15) is 0 Å². The number of ketones is 1. The van der Waals surface area contributed by atoms with Gasteiger partial charge in [-0.25, -0.2) is 0 Å². The molecule has 0 unspecified atom stereocenters. The van der Waals surface area contributed by atoms with Crippen LogP contribution in [0.5, 0.6) is 11.5 Å². The molecular formula is C12H15NO3. The fraction of sp³-hybridized carbons (Fsp3) is 0.417. The Morgan fingerprint density at radius 3 is 2.88 bits per heavy atom. The molecule has 4 nitrogen and oxygen atoms in total. The van der Waals surface area contributed by atoms with Crippen molar-refractivity contribution in [3.05, 3.63) is 23.3 Å². The van der Waals surface area contributed by atoms with Gasteiger partial charge in [-0.3, -0.25) is 4.79 Å². The van der Waals surface area contributed by atoms with Crippen LogP contribution in [0, 0.1) is 6.92 Å². The Morgan fingerprint density at radius 1 is 1.38 bits per heavy atom. The summed E-state index contributed by atoms with van der Waals surface area (Å²) in [6.07, 6.45) is 0.855. The van der Waals surface area contributed by atoms with E-state index in [2.05, 4.69) is 0 Å². The molecule has 1 aromatic carbocycles. The molecule has 0 spiro atoms. The van der Waals surface area contributed by atoms with Crippen molar-refractivity contribution in [3.8, 4) is 11.5 Å². The quantitative estimate of drug-likeness (QED) is 0.764. The van der Waals surface area contributed by atoms with Crippen molar-refractivity contribution in [3.63, 3.8) is 0 Å². The van der Waals surface area contributed by atoms with Gasteiger partial charge < -0.3 is 15.2 Å². The van der Waals surface area contributed by atoms with E-state index in [1.165, 1.54) is 0 Å². The molecule has 0 saturated heterocycles. The lowest BCUT2D eigenvalue weighted by Gasteiger charge is -2.12. The average molecular weight is 221 g/mol. The minimum atomic E-state index is -0.0758. The monoisotopic (exact) mass is 221 g/mol. The van der Waals surface area contributed by atoms with Crippen molar-refractivity contribution in [2.75, 3.05) is 19.8 Å². The van der Waals surface area contributed by atoms with Crippen LogP contribution in [-0.4, -0.2) is 25.5 Å². The maximum atomic E-state index is 11.6. The number of carbonyl (C=O) groups excluding carboxylic acids is 1. The first-order valence-electron chi connectivity index (χ1n) is 5.36. The van der Waals surface area contributed by atoms with Crippen molar-refractivity contribution in [2.45, 2.75) is 13.3 Å². The van der Waals surface area contributed by atoms with Gasteiger partial charge in [-0.15, -0.1) is 0 Å². The zero-order chi connectivity index (χ0) is 11.5. The van der Waals surface area contributed by atoms with Crippen molar-refractivity contribution in [1.29, 1.82) is 0 Å². The molecule has 16 heavy (non-hydrogen) atoms. The molecule has 2 rings (SSSR count).